The van der Waals surface area contributed by atoms with E-state index in [9.17, 15) is 4.79 Å². The molecule has 6 rings (SSSR count). The molecule has 1 amide bonds. The lowest BCUT2D eigenvalue weighted by atomic mass is 10.0. The Bertz CT molecular complexity index is 1360. The predicted molar refractivity (Wildman–Crippen MR) is 149 cm³/mol. The van der Waals surface area contributed by atoms with Gasteiger partial charge in [-0.05, 0) is 53.1 Å². The van der Waals surface area contributed by atoms with Crippen molar-refractivity contribution in [3.05, 3.63) is 115 Å². The summed E-state index contributed by atoms with van der Waals surface area (Å²) < 4.78 is 23.4. The van der Waals surface area contributed by atoms with Crippen molar-refractivity contribution in [3.63, 3.8) is 0 Å². The molecule has 2 fully saturated rings. The Morgan fingerprint density at radius 2 is 1.36 bits per heavy atom. The Morgan fingerprint density at radius 1 is 0.718 bits per heavy atom. The van der Waals surface area contributed by atoms with Crippen LogP contribution in [0.1, 0.15) is 5.56 Å². The standard InChI is InChI=1S/C32H30N2O5/c35-32(34-25-15-17-27(18-16-25)38-26-9-5-2-6-10-26)39-29-21-37-30-28(20-36-31(29)30)33-19-22-11-13-24(14-12-22)23-7-3-1-4-8-23/h1-18,28-31,33H,19-21H2,(H,34,35)/t28-,29+,30+,31+/m0/s1. The monoisotopic (exact) mass is 522 g/mol. The quantitative estimate of drug-likeness (QED) is 0.295. The number of hydrogen-bond donors (Lipinski definition) is 2. The van der Waals surface area contributed by atoms with Crippen LogP contribution in [0.25, 0.3) is 11.1 Å². The zero-order valence-electron chi connectivity index (χ0n) is 21.4. The van der Waals surface area contributed by atoms with Crippen molar-refractivity contribution in [2.75, 3.05) is 18.5 Å². The molecule has 4 atom stereocenters. The highest BCUT2D eigenvalue weighted by atomic mass is 16.6. The molecule has 2 aliphatic rings. The highest BCUT2D eigenvalue weighted by Gasteiger charge is 2.49. The van der Waals surface area contributed by atoms with Gasteiger partial charge in [-0.1, -0.05) is 72.8 Å². The first-order valence-corrected chi connectivity index (χ1v) is 13.1. The van der Waals surface area contributed by atoms with E-state index < -0.39 is 12.2 Å². The van der Waals surface area contributed by atoms with Gasteiger partial charge in [0, 0.05) is 12.2 Å². The minimum atomic E-state index is -0.542. The predicted octanol–water partition coefficient (Wildman–Crippen LogP) is 6.02. The summed E-state index contributed by atoms with van der Waals surface area (Å²) in [7, 11) is 0. The number of ether oxygens (including phenoxy) is 4. The third-order valence-electron chi connectivity index (χ3n) is 6.98. The first kappa shape index (κ1) is 25.1. The fourth-order valence-electron chi connectivity index (χ4n) is 4.95. The third kappa shape index (κ3) is 6.12. The smallest absolute Gasteiger partial charge is 0.412 e. The molecule has 7 nitrogen and oxygen atoms in total. The number of anilines is 1. The average molecular weight is 523 g/mol. The van der Waals surface area contributed by atoms with Crippen LogP contribution in [0, 0.1) is 0 Å². The lowest BCUT2D eigenvalue weighted by molar-refractivity contribution is 0.00854. The Hall–Kier alpha value is -4.17. The summed E-state index contributed by atoms with van der Waals surface area (Å²) in [5.74, 6) is 1.43. The topological polar surface area (TPSA) is 78.1 Å². The second kappa shape index (κ2) is 11.7. The van der Waals surface area contributed by atoms with E-state index in [1.807, 2.05) is 48.5 Å². The minimum Gasteiger partial charge on any atom is -0.457 e. The average Bonchev–Trinajstić information content (AvgIpc) is 3.57. The number of hydrogen-bond acceptors (Lipinski definition) is 6. The summed E-state index contributed by atoms with van der Waals surface area (Å²) in [6.07, 6.45) is -1.47. The largest absolute Gasteiger partial charge is 0.457 e. The van der Waals surface area contributed by atoms with Gasteiger partial charge >= 0.3 is 6.09 Å². The van der Waals surface area contributed by atoms with Crippen LogP contribution in [0.5, 0.6) is 11.5 Å². The molecule has 2 heterocycles. The molecule has 39 heavy (non-hydrogen) atoms. The van der Waals surface area contributed by atoms with Crippen molar-refractivity contribution in [2.45, 2.75) is 30.9 Å². The molecule has 0 radical (unpaired) electrons. The molecule has 2 aliphatic heterocycles. The fourth-order valence-corrected chi connectivity index (χ4v) is 4.95. The van der Waals surface area contributed by atoms with E-state index in [1.54, 1.807) is 24.3 Å². The van der Waals surface area contributed by atoms with E-state index in [0.717, 1.165) is 5.75 Å². The van der Waals surface area contributed by atoms with E-state index in [4.69, 9.17) is 18.9 Å². The lowest BCUT2D eigenvalue weighted by Crippen LogP contribution is -2.41. The van der Waals surface area contributed by atoms with Crippen LogP contribution in [-0.4, -0.2) is 43.7 Å². The number of amides is 1. The SMILES string of the molecule is O=C(Nc1ccc(Oc2ccccc2)cc1)O[C@@H]1CO[C@H]2[C@@H]1OC[C@@H]2NCc1ccc(-c2ccccc2)cc1. The van der Waals surface area contributed by atoms with Gasteiger partial charge in [0.2, 0.25) is 0 Å². The highest BCUT2D eigenvalue weighted by molar-refractivity contribution is 5.84. The summed E-state index contributed by atoms with van der Waals surface area (Å²) >= 11 is 0. The van der Waals surface area contributed by atoms with Gasteiger partial charge in [0.05, 0.1) is 19.3 Å². The van der Waals surface area contributed by atoms with Gasteiger partial charge in [-0.2, -0.15) is 0 Å². The first-order chi connectivity index (χ1) is 19.2. The van der Waals surface area contributed by atoms with Crippen LogP contribution < -0.4 is 15.4 Å². The summed E-state index contributed by atoms with van der Waals surface area (Å²) in [6.45, 7) is 1.50. The van der Waals surface area contributed by atoms with Crippen LogP contribution >= 0.6 is 0 Å². The van der Waals surface area contributed by atoms with Crippen molar-refractivity contribution < 1.29 is 23.7 Å². The molecule has 4 aromatic rings. The van der Waals surface area contributed by atoms with Gasteiger partial charge in [-0.3, -0.25) is 5.32 Å². The van der Waals surface area contributed by atoms with Gasteiger partial charge in [-0.15, -0.1) is 0 Å². The fraction of sp³-hybridized carbons (Fsp3) is 0.219. The molecule has 0 bridgehead atoms. The molecular formula is C32H30N2O5. The molecule has 0 aromatic heterocycles. The zero-order valence-corrected chi connectivity index (χ0v) is 21.4. The third-order valence-corrected chi connectivity index (χ3v) is 6.98. The number of nitrogens with one attached hydrogen (secondary N) is 2. The van der Waals surface area contributed by atoms with Crippen molar-refractivity contribution >= 4 is 11.8 Å². The molecule has 7 heteroatoms. The summed E-state index contributed by atoms with van der Waals surface area (Å²) in [6, 6.07) is 35.5. The molecule has 2 saturated heterocycles. The molecule has 2 N–H and O–H groups in total. The molecule has 0 spiro atoms. The van der Waals surface area contributed by atoms with Crippen molar-refractivity contribution in [3.8, 4) is 22.6 Å². The Balaban J connectivity index is 0.968. The van der Waals surface area contributed by atoms with Gasteiger partial charge in [0.25, 0.3) is 0 Å². The highest BCUT2D eigenvalue weighted by Crippen LogP contribution is 2.30. The molecule has 0 unspecified atom stereocenters. The molecule has 198 valence electrons. The number of fused-ring (bicyclic) bond motifs is 1. The van der Waals surface area contributed by atoms with Crippen LogP contribution in [0.3, 0.4) is 0 Å². The number of rotatable bonds is 8. The van der Waals surface area contributed by atoms with Crippen molar-refractivity contribution in [2.24, 2.45) is 0 Å². The number of carbonyl (C=O) groups excluding carboxylic acids is 1. The Morgan fingerprint density at radius 3 is 2.10 bits per heavy atom. The van der Waals surface area contributed by atoms with E-state index >= 15 is 0 Å². The van der Waals surface area contributed by atoms with Crippen LogP contribution in [-0.2, 0) is 20.8 Å². The van der Waals surface area contributed by atoms with E-state index in [-0.39, 0.29) is 18.2 Å². The number of para-hydroxylation sites is 1. The van der Waals surface area contributed by atoms with Crippen LogP contribution in [0.15, 0.2) is 109 Å². The van der Waals surface area contributed by atoms with E-state index in [1.165, 1.54) is 16.7 Å². The number of carbonyl (C=O) groups is 1. The first-order valence-electron chi connectivity index (χ1n) is 13.1. The summed E-state index contributed by atoms with van der Waals surface area (Å²) in [5.41, 5.74) is 4.19. The minimum absolute atomic E-state index is 0.0256. The second-order valence-electron chi connectivity index (χ2n) is 9.65. The van der Waals surface area contributed by atoms with Crippen molar-refractivity contribution in [1.29, 1.82) is 0 Å². The van der Waals surface area contributed by atoms with Crippen LogP contribution in [0.4, 0.5) is 10.5 Å². The van der Waals surface area contributed by atoms with Crippen molar-refractivity contribution in [1.82, 2.24) is 5.32 Å². The number of benzene rings is 4. The summed E-state index contributed by atoms with van der Waals surface area (Å²) in [5, 5.41) is 6.32. The zero-order chi connectivity index (χ0) is 26.4. The van der Waals surface area contributed by atoms with Gasteiger partial charge in [-0.25, -0.2) is 4.79 Å². The van der Waals surface area contributed by atoms with Gasteiger partial charge in [0.1, 0.15) is 23.7 Å². The maximum absolute atomic E-state index is 12.6. The molecular weight excluding hydrogens is 492 g/mol. The van der Waals surface area contributed by atoms with Gasteiger partial charge in [0.15, 0.2) is 6.10 Å². The summed E-state index contributed by atoms with van der Waals surface area (Å²) in [4.78, 5) is 12.6. The molecule has 0 saturated carbocycles. The second-order valence-corrected chi connectivity index (χ2v) is 9.65. The maximum atomic E-state index is 12.6. The van der Waals surface area contributed by atoms with E-state index in [2.05, 4.69) is 47.0 Å². The van der Waals surface area contributed by atoms with Crippen LogP contribution in [0.2, 0.25) is 0 Å². The lowest BCUT2D eigenvalue weighted by Gasteiger charge is -2.18. The maximum Gasteiger partial charge on any atom is 0.412 e. The Kier molecular flexibility index (Phi) is 7.54. The molecule has 0 aliphatic carbocycles. The molecule has 4 aromatic carbocycles. The van der Waals surface area contributed by atoms with E-state index in [0.29, 0.717) is 31.2 Å². The normalized spacial score (nSPS) is 21.7. The van der Waals surface area contributed by atoms with Gasteiger partial charge < -0.3 is 24.3 Å². The Labute approximate surface area is 227 Å².